The van der Waals surface area contributed by atoms with E-state index < -0.39 is 123 Å². The maximum atomic E-state index is 11.2. The van der Waals surface area contributed by atoms with Gasteiger partial charge >= 0.3 is 0 Å². The molecule has 0 radical (unpaired) electrons. The minimum absolute atomic E-state index is 0.0257. The molecule has 0 unspecified atom stereocenters. The lowest BCUT2D eigenvalue weighted by molar-refractivity contribution is -0.372. The van der Waals surface area contributed by atoms with Crippen LogP contribution in [0.5, 0.6) is 0 Å². The third-order valence-corrected chi connectivity index (χ3v) is 9.00. The van der Waals surface area contributed by atoms with E-state index in [9.17, 15) is 40.9 Å². The average molecular weight is 659 g/mol. The van der Waals surface area contributed by atoms with E-state index in [4.69, 9.17) is 52.1 Å². The first-order valence-corrected chi connectivity index (χ1v) is 14.8. The van der Waals surface area contributed by atoms with Crippen molar-refractivity contribution in [1.29, 1.82) is 0 Å². The van der Waals surface area contributed by atoms with Crippen molar-refractivity contribution in [2.24, 2.45) is 0 Å². The molecule has 0 spiro atoms. The zero-order chi connectivity index (χ0) is 32.2. The van der Waals surface area contributed by atoms with E-state index in [1.807, 2.05) is 0 Å². The third kappa shape index (κ3) is 6.39. The van der Waals surface area contributed by atoms with Crippen LogP contribution >= 0.6 is 0 Å². The Labute approximate surface area is 256 Å². The summed E-state index contributed by atoms with van der Waals surface area (Å²) in [6, 6.07) is 0. The van der Waals surface area contributed by atoms with Gasteiger partial charge in [-0.2, -0.15) is 0 Å². The summed E-state index contributed by atoms with van der Waals surface area (Å²) >= 11 is 0. The van der Waals surface area contributed by atoms with Crippen LogP contribution in [-0.2, 0) is 52.1 Å². The van der Waals surface area contributed by atoms with Crippen molar-refractivity contribution >= 4 is 0 Å². The summed E-state index contributed by atoms with van der Waals surface area (Å²) in [5, 5.41) is 85.4. The van der Waals surface area contributed by atoms with E-state index >= 15 is 0 Å². The monoisotopic (exact) mass is 658 g/mol. The van der Waals surface area contributed by atoms with Crippen molar-refractivity contribution in [2.45, 2.75) is 123 Å². The fourth-order valence-electron chi connectivity index (χ4n) is 6.58. The summed E-state index contributed by atoms with van der Waals surface area (Å²) in [4.78, 5) is 0. The molecule has 0 amide bonds. The second kappa shape index (κ2) is 14.0. The Balaban J connectivity index is 1.13. The fourth-order valence-corrected chi connectivity index (χ4v) is 6.58. The Hall–Kier alpha value is -0.760. The molecule has 6 aliphatic heterocycles. The molecular formula is C26H42O19. The number of aliphatic hydroxyl groups excluding tert-OH is 8. The number of rotatable bonds is 10. The highest BCUT2D eigenvalue weighted by atomic mass is 16.8. The van der Waals surface area contributed by atoms with Crippen LogP contribution in [0, 0.1) is 0 Å². The van der Waals surface area contributed by atoms with E-state index in [1.54, 1.807) is 0 Å². The van der Waals surface area contributed by atoms with Gasteiger partial charge in [-0.3, -0.25) is 0 Å². The van der Waals surface area contributed by atoms with Crippen molar-refractivity contribution in [2.75, 3.05) is 40.6 Å². The number of methoxy groups -OCH3 is 2. The molecule has 8 N–H and O–H groups in total. The predicted molar refractivity (Wildman–Crippen MR) is 137 cm³/mol. The normalized spacial score (nSPS) is 54.8. The highest BCUT2D eigenvalue weighted by Gasteiger charge is 2.58. The molecule has 19 heteroatoms. The van der Waals surface area contributed by atoms with Crippen molar-refractivity contribution in [3.8, 4) is 0 Å². The van der Waals surface area contributed by atoms with Gasteiger partial charge in [0.2, 0.25) is 0 Å². The zero-order valence-electron chi connectivity index (χ0n) is 24.4. The second-order valence-corrected chi connectivity index (χ2v) is 11.9. The van der Waals surface area contributed by atoms with Crippen LogP contribution in [0.15, 0.2) is 0 Å². The lowest BCUT2D eigenvalue weighted by Gasteiger charge is -2.47. The lowest BCUT2D eigenvalue weighted by Crippen LogP contribution is -2.65. The van der Waals surface area contributed by atoms with Crippen molar-refractivity contribution < 1.29 is 93.0 Å². The van der Waals surface area contributed by atoms with Gasteiger partial charge in [0.05, 0.1) is 26.4 Å². The van der Waals surface area contributed by atoms with E-state index in [0.717, 1.165) is 0 Å². The molecule has 0 saturated carbocycles. The Morgan fingerprint density at radius 2 is 0.978 bits per heavy atom. The highest BCUT2D eigenvalue weighted by Crippen LogP contribution is 2.38. The Bertz CT molecular complexity index is 979. The number of ether oxygens (including phenoxy) is 11. The van der Waals surface area contributed by atoms with Crippen LogP contribution in [0.2, 0.25) is 0 Å². The summed E-state index contributed by atoms with van der Waals surface area (Å²) in [6.07, 6.45) is -26.0. The van der Waals surface area contributed by atoms with Crippen LogP contribution in [0.3, 0.4) is 0 Å². The van der Waals surface area contributed by atoms with E-state index in [0.29, 0.717) is 0 Å². The molecule has 20 atom stereocenters. The number of hydrogen-bond acceptors (Lipinski definition) is 19. The average Bonchev–Trinajstić information content (AvgIpc) is 3.47. The van der Waals surface area contributed by atoms with Crippen LogP contribution in [0.25, 0.3) is 0 Å². The lowest BCUT2D eigenvalue weighted by atomic mass is 9.96. The summed E-state index contributed by atoms with van der Waals surface area (Å²) in [7, 11) is 2.74. The molecule has 6 heterocycles. The first kappa shape index (κ1) is 34.1. The number of fused-ring (bicyclic) bond motifs is 4. The van der Waals surface area contributed by atoms with Crippen LogP contribution < -0.4 is 0 Å². The summed E-state index contributed by atoms with van der Waals surface area (Å²) < 4.78 is 61.3. The number of aliphatic hydroxyl groups is 8. The molecule has 260 valence electrons. The molecule has 45 heavy (non-hydrogen) atoms. The van der Waals surface area contributed by atoms with Gasteiger partial charge in [0, 0.05) is 14.2 Å². The van der Waals surface area contributed by atoms with Crippen LogP contribution in [0.1, 0.15) is 0 Å². The van der Waals surface area contributed by atoms with Gasteiger partial charge in [-0.25, -0.2) is 0 Å². The van der Waals surface area contributed by atoms with Crippen LogP contribution in [0.4, 0.5) is 0 Å². The molecule has 0 aliphatic carbocycles. The SMILES string of the molecule is COC[C@H]1O[C@@H](O)[C@H](O)[C@@H](O[C@@H]2O[C@H]3CO[C@@H]([C@@H]2O)[C@@H]3O[C@@H]2O[C@H](COC)[C@H](O)[C@H](O[C@@H]3O[C@H]4CO[C@@H]([C@@H]3O)[C@@H]4O)[C@H]2O)[C@H]1O. The maximum absolute atomic E-state index is 11.2. The smallest absolute Gasteiger partial charge is 0.187 e. The quantitative estimate of drug-likeness (QED) is 0.108. The van der Waals surface area contributed by atoms with E-state index in [2.05, 4.69) is 0 Å². The van der Waals surface area contributed by atoms with Crippen molar-refractivity contribution in [3.05, 3.63) is 0 Å². The first-order chi connectivity index (χ1) is 21.5. The molecule has 6 fully saturated rings. The van der Waals surface area contributed by atoms with Gasteiger partial charge < -0.3 is 93.0 Å². The Morgan fingerprint density at radius 1 is 0.489 bits per heavy atom. The Kier molecular flexibility index (Phi) is 10.6. The minimum Gasteiger partial charge on any atom is -0.387 e. The second-order valence-electron chi connectivity index (χ2n) is 11.9. The summed E-state index contributed by atoms with van der Waals surface area (Å²) in [5.41, 5.74) is 0. The standard InChI is InChI=1S/C26H42O19/c1-35-3-7-12(28)20(14(30)23(34)39-7)44-26-17(33)22-18(10(42-26)6-38-22)43-25-16(32)21(13(29)8(40-25)4-36-2)45-24-15(31)19-11(27)9(41-24)5-37-19/h7-34H,3-6H2,1-2H3/t7-,8-,9+,10+,11-,12+,13+,14-,15+,16-,17+,18-,19-,20+,21+,22+,23-,24+,25+,26+/m1/s1. The number of hydrogen-bond donors (Lipinski definition) is 8. The Morgan fingerprint density at radius 3 is 1.62 bits per heavy atom. The molecule has 6 saturated heterocycles. The van der Waals surface area contributed by atoms with Gasteiger partial charge in [-0.05, 0) is 0 Å². The summed E-state index contributed by atoms with van der Waals surface area (Å²) in [5.74, 6) is 0. The zero-order valence-corrected chi connectivity index (χ0v) is 24.4. The van der Waals surface area contributed by atoms with E-state index in [1.165, 1.54) is 14.2 Å². The maximum Gasteiger partial charge on any atom is 0.187 e. The predicted octanol–water partition coefficient (Wildman–Crippen LogP) is -6.35. The minimum atomic E-state index is -1.70. The molecular weight excluding hydrogens is 616 g/mol. The molecule has 0 aromatic heterocycles. The first-order valence-electron chi connectivity index (χ1n) is 14.8. The molecule has 19 nitrogen and oxygen atoms in total. The molecule has 4 bridgehead atoms. The van der Waals surface area contributed by atoms with E-state index in [-0.39, 0.29) is 26.4 Å². The molecule has 0 aromatic rings. The van der Waals surface area contributed by atoms with Gasteiger partial charge in [0.15, 0.2) is 25.2 Å². The highest BCUT2D eigenvalue weighted by molar-refractivity contribution is 5.01. The summed E-state index contributed by atoms with van der Waals surface area (Å²) in [6.45, 7) is -0.291. The van der Waals surface area contributed by atoms with Gasteiger partial charge in [0.25, 0.3) is 0 Å². The molecule has 6 rings (SSSR count). The van der Waals surface area contributed by atoms with Gasteiger partial charge in [-0.15, -0.1) is 0 Å². The fraction of sp³-hybridized carbons (Fsp3) is 1.00. The van der Waals surface area contributed by atoms with Crippen molar-refractivity contribution in [1.82, 2.24) is 0 Å². The van der Waals surface area contributed by atoms with Crippen LogP contribution in [-0.4, -0.2) is 204 Å². The van der Waals surface area contributed by atoms with Crippen molar-refractivity contribution in [3.63, 3.8) is 0 Å². The third-order valence-electron chi connectivity index (χ3n) is 9.00. The molecule has 6 aliphatic rings. The largest absolute Gasteiger partial charge is 0.387 e. The molecule has 0 aromatic carbocycles. The van der Waals surface area contributed by atoms with Gasteiger partial charge in [-0.1, -0.05) is 0 Å². The topological polar surface area (TPSA) is 263 Å². The van der Waals surface area contributed by atoms with Gasteiger partial charge in [0.1, 0.15) is 97.7 Å².